The molecule has 0 unspecified atom stereocenters. The zero-order valence-corrected chi connectivity index (χ0v) is 14.3. The monoisotopic (exact) mass is 364 g/mol. The number of nitriles is 1. The van der Waals surface area contributed by atoms with Crippen LogP contribution < -0.4 is 14.8 Å². The average molecular weight is 365 g/mol. The van der Waals surface area contributed by atoms with Gasteiger partial charge >= 0.3 is 0 Å². The Labute approximate surface area is 149 Å². The maximum absolute atomic E-state index is 12.0. The van der Waals surface area contributed by atoms with Crippen molar-refractivity contribution in [1.82, 2.24) is 0 Å². The van der Waals surface area contributed by atoms with Crippen molar-refractivity contribution in [2.75, 3.05) is 18.5 Å². The zero-order valence-electron chi connectivity index (χ0n) is 12.8. The second-order valence-electron chi connectivity index (χ2n) is 4.70. The van der Waals surface area contributed by atoms with E-state index in [1.54, 1.807) is 36.4 Å². The van der Waals surface area contributed by atoms with Gasteiger partial charge in [0.05, 0.1) is 18.2 Å². The third-order valence-electron chi connectivity index (χ3n) is 2.88. The molecule has 0 aliphatic rings. The van der Waals surface area contributed by atoms with Gasteiger partial charge in [0, 0.05) is 21.8 Å². The molecule has 0 saturated carbocycles. The summed E-state index contributed by atoms with van der Waals surface area (Å²) in [5.74, 6) is 0.422. The minimum absolute atomic E-state index is 0.226. The molecule has 0 atom stereocenters. The second-order valence-corrected chi connectivity index (χ2v) is 5.57. The molecular weight excluding hydrogens is 351 g/mol. The molecule has 1 amide bonds. The van der Waals surface area contributed by atoms with Gasteiger partial charge in [-0.25, -0.2) is 0 Å². The highest BCUT2D eigenvalue weighted by Crippen LogP contribution is 2.28. The van der Waals surface area contributed by atoms with E-state index < -0.39 is 0 Å². The number of halogens is 2. The van der Waals surface area contributed by atoms with Gasteiger partial charge in [-0.3, -0.25) is 4.79 Å². The van der Waals surface area contributed by atoms with Crippen molar-refractivity contribution in [3.63, 3.8) is 0 Å². The first kappa shape index (κ1) is 17.9. The van der Waals surface area contributed by atoms with Crippen LogP contribution in [0.4, 0.5) is 5.69 Å². The number of nitrogens with zero attached hydrogens (tertiary/aromatic N) is 1. The molecule has 0 spiro atoms. The lowest BCUT2D eigenvalue weighted by Gasteiger charge is -2.12. The number of anilines is 1. The van der Waals surface area contributed by atoms with E-state index in [0.29, 0.717) is 39.4 Å². The molecule has 2 rings (SSSR count). The summed E-state index contributed by atoms with van der Waals surface area (Å²) in [6.45, 7) is 2.01. The average Bonchev–Trinajstić information content (AvgIpc) is 2.53. The quantitative estimate of drug-likeness (QED) is 0.829. The van der Waals surface area contributed by atoms with Crippen molar-refractivity contribution >= 4 is 34.8 Å². The number of carbonyl (C=O) groups excluding carboxylic acids is 1. The number of carbonyl (C=O) groups is 1. The molecule has 5 nitrogen and oxygen atoms in total. The van der Waals surface area contributed by atoms with Crippen molar-refractivity contribution in [2.24, 2.45) is 0 Å². The van der Waals surface area contributed by atoms with E-state index in [1.807, 2.05) is 13.0 Å². The normalized spacial score (nSPS) is 9.92. The Morgan fingerprint density at radius 1 is 1.12 bits per heavy atom. The number of nitrogens with one attached hydrogen (secondary N) is 1. The molecule has 2 aromatic rings. The molecule has 1 N–H and O–H groups in total. The van der Waals surface area contributed by atoms with Gasteiger partial charge in [0.2, 0.25) is 0 Å². The fourth-order valence-corrected chi connectivity index (χ4v) is 2.46. The van der Waals surface area contributed by atoms with Crippen LogP contribution in [0.3, 0.4) is 0 Å². The number of hydrogen-bond donors (Lipinski definition) is 1. The molecule has 0 saturated heterocycles. The van der Waals surface area contributed by atoms with Gasteiger partial charge in [0.25, 0.3) is 5.91 Å². The third kappa shape index (κ3) is 5.05. The SMILES string of the molecule is CCOc1cc(C#N)ccc1OCC(=O)Nc1cc(Cl)cc(Cl)c1. The van der Waals surface area contributed by atoms with Crippen LogP contribution in [0.2, 0.25) is 10.0 Å². The predicted octanol–water partition coefficient (Wildman–Crippen LogP) is 4.28. The molecule has 124 valence electrons. The van der Waals surface area contributed by atoms with Crippen molar-refractivity contribution in [1.29, 1.82) is 5.26 Å². The van der Waals surface area contributed by atoms with E-state index in [2.05, 4.69) is 5.32 Å². The number of amides is 1. The van der Waals surface area contributed by atoms with Gasteiger partial charge in [-0.2, -0.15) is 5.26 Å². The van der Waals surface area contributed by atoms with Crippen LogP contribution in [0.5, 0.6) is 11.5 Å². The number of hydrogen-bond acceptors (Lipinski definition) is 4. The van der Waals surface area contributed by atoms with Crippen molar-refractivity contribution < 1.29 is 14.3 Å². The smallest absolute Gasteiger partial charge is 0.262 e. The molecule has 0 fully saturated rings. The van der Waals surface area contributed by atoms with Crippen LogP contribution in [0, 0.1) is 11.3 Å². The van der Waals surface area contributed by atoms with Crippen molar-refractivity contribution in [2.45, 2.75) is 6.92 Å². The Morgan fingerprint density at radius 2 is 1.83 bits per heavy atom. The topological polar surface area (TPSA) is 71.3 Å². The number of ether oxygens (including phenoxy) is 2. The molecule has 0 radical (unpaired) electrons. The highest BCUT2D eigenvalue weighted by atomic mass is 35.5. The van der Waals surface area contributed by atoms with Crippen LogP contribution >= 0.6 is 23.2 Å². The Morgan fingerprint density at radius 3 is 2.46 bits per heavy atom. The number of benzene rings is 2. The standard InChI is InChI=1S/C17H14Cl2N2O3/c1-2-23-16-5-11(9-20)3-4-15(16)24-10-17(22)21-14-7-12(18)6-13(19)8-14/h3-8H,2,10H2,1H3,(H,21,22). The number of rotatable bonds is 6. The fraction of sp³-hybridized carbons (Fsp3) is 0.176. The minimum atomic E-state index is -0.375. The van der Waals surface area contributed by atoms with Gasteiger partial charge in [-0.1, -0.05) is 23.2 Å². The molecule has 2 aromatic carbocycles. The van der Waals surface area contributed by atoms with E-state index in [9.17, 15) is 4.79 Å². The summed E-state index contributed by atoms with van der Waals surface area (Å²) in [5.41, 5.74) is 0.926. The Balaban J connectivity index is 2.02. The van der Waals surface area contributed by atoms with Crippen LogP contribution in [0.1, 0.15) is 12.5 Å². The van der Waals surface area contributed by atoms with E-state index in [0.717, 1.165) is 0 Å². The van der Waals surface area contributed by atoms with E-state index in [-0.39, 0.29) is 12.5 Å². The molecule has 24 heavy (non-hydrogen) atoms. The van der Waals surface area contributed by atoms with Gasteiger partial charge in [0.15, 0.2) is 18.1 Å². The molecule has 0 bridgehead atoms. The molecule has 0 aliphatic carbocycles. The Hall–Kier alpha value is -2.42. The molecule has 7 heteroatoms. The summed E-state index contributed by atoms with van der Waals surface area (Å²) >= 11 is 11.8. The summed E-state index contributed by atoms with van der Waals surface area (Å²) in [5, 5.41) is 12.4. The van der Waals surface area contributed by atoms with Crippen LogP contribution in [0.25, 0.3) is 0 Å². The van der Waals surface area contributed by atoms with E-state index in [1.165, 1.54) is 0 Å². The lowest BCUT2D eigenvalue weighted by Crippen LogP contribution is -2.20. The third-order valence-corrected chi connectivity index (χ3v) is 3.31. The zero-order chi connectivity index (χ0) is 17.5. The van der Waals surface area contributed by atoms with Crippen LogP contribution in [-0.4, -0.2) is 19.1 Å². The predicted molar refractivity (Wildman–Crippen MR) is 92.9 cm³/mol. The lowest BCUT2D eigenvalue weighted by molar-refractivity contribution is -0.118. The van der Waals surface area contributed by atoms with E-state index in [4.69, 9.17) is 37.9 Å². The largest absolute Gasteiger partial charge is 0.490 e. The highest BCUT2D eigenvalue weighted by molar-refractivity contribution is 6.35. The van der Waals surface area contributed by atoms with Crippen LogP contribution in [-0.2, 0) is 4.79 Å². The molecule has 0 aliphatic heterocycles. The van der Waals surface area contributed by atoms with Crippen LogP contribution in [0.15, 0.2) is 36.4 Å². The van der Waals surface area contributed by atoms with Gasteiger partial charge < -0.3 is 14.8 Å². The van der Waals surface area contributed by atoms with Crippen molar-refractivity contribution in [3.05, 3.63) is 52.0 Å². The Kier molecular flexibility index (Phi) is 6.30. The van der Waals surface area contributed by atoms with Gasteiger partial charge in [0.1, 0.15) is 0 Å². The maximum atomic E-state index is 12.0. The Bertz CT molecular complexity index is 768. The first-order chi connectivity index (χ1) is 11.5. The first-order valence-electron chi connectivity index (χ1n) is 7.07. The molecule has 0 heterocycles. The highest BCUT2D eigenvalue weighted by Gasteiger charge is 2.10. The first-order valence-corrected chi connectivity index (χ1v) is 7.83. The second kappa shape index (κ2) is 8.44. The minimum Gasteiger partial charge on any atom is -0.490 e. The lowest BCUT2D eigenvalue weighted by atomic mass is 10.2. The summed E-state index contributed by atoms with van der Waals surface area (Å²) in [7, 11) is 0. The van der Waals surface area contributed by atoms with Crippen molar-refractivity contribution in [3.8, 4) is 17.6 Å². The summed E-state index contributed by atoms with van der Waals surface area (Å²) in [4.78, 5) is 12.0. The fourth-order valence-electron chi connectivity index (χ4n) is 1.93. The van der Waals surface area contributed by atoms with E-state index >= 15 is 0 Å². The van der Waals surface area contributed by atoms with Gasteiger partial charge in [-0.15, -0.1) is 0 Å². The summed E-state index contributed by atoms with van der Waals surface area (Å²) in [6.07, 6.45) is 0. The maximum Gasteiger partial charge on any atom is 0.262 e. The summed E-state index contributed by atoms with van der Waals surface area (Å²) in [6, 6.07) is 11.5. The summed E-state index contributed by atoms with van der Waals surface area (Å²) < 4.78 is 10.9. The molecule has 0 aromatic heterocycles. The van der Waals surface area contributed by atoms with Gasteiger partial charge in [-0.05, 0) is 37.3 Å². The molecular formula is C17H14Cl2N2O3.